The summed E-state index contributed by atoms with van der Waals surface area (Å²) in [5.74, 6) is 0. The molecule has 3 nitrogen and oxygen atoms in total. The highest BCUT2D eigenvalue weighted by molar-refractivity contribution is 7.40. The lowest BCUT2D eigenvalue weighted by Gasteiger charge is -1.99. The maximum Gasteiger partial charge on any atom is 0.199 e. The number of rotatable bonds is 4. The summed E-state index contributed by atoms with van der Waals surface area (Å²) in [6.45, 7) is 5.40. The van der Waals surface area contributed by atoms with Crippen molar-refractivity contribution in [3.63, 3.8) is 0 Å². The van der Waals surface area contributed by atoms with E-state index < -0.39 is 8.10 Å². The molecule has 0 aromatic rings. The molecule has 0 unspecified atom stereocenters. The molecule has 0 heterocycles. The minimum absolute atomic E-state index is 0.769. The molecule has 0 aromatic heterocycles. The van der Waals surface area contributed by atoms with E-state index >= 15 is 0 Å². The Labute approximate surface area is 50.8 Å². The van der Waals surface area contributed by atoms with E-state index in [1.54, 1.807) is 0 Å². The second-order valence-corrected chi connectivity index (χ2v) is 2.76. The van der Waals surface area contributed by atoms with E-state index in [1.807, 2.05) is 13.8 Å². The van der Waals surface area contributed by atoms with Gasteiger partial charge < -0.3 is 0 Å². The summed E-state index contributed by atoms with van der Waals surface area (Å²) in [6.07, 6.45) is 0. The molecular formula is C4H13N2OP. The van der Waals surface area contributed by atoms with E-state index in [9.17, 15) is 4.57 Å². The molecule has 8 heavy (non-hydrogen) atoms. The van der Waals surface area contributed by atoms with Crippen LogP contribution in [0.5, 0.6) is 0 Å². The Bertz CT molecular complexity index is 68.4. The molecule has 0 fully saturated rings. The number of nitrogens with one attached hydrogen (secondary N) is 2. The Morgan fingerprint density at radius 3 is 1.88 bits per heavy atom. The molecule has 0 aliphatic carbocycles. The molecule has 50 valence electrons. The maximum atomic E-state index is 10.6. The summed E-state index contributed by atoms with van der Waals surface area (Å²) in [5.41, 5.74) is 0. The Kier molecular flexibility index (Phi) is 5.39. The first kappa shape index (κ1) is 8.15. The lowest BCUT2D eigenvalue weighted by Crippen LogP contribution is -2.12. The third kappa shape index (κ3) is 4.31. The van der Waals surface area contributed by atoms with Crippen LogP contribution >= 0.6 is 8.10 Å². The van der Waals surface area contributed by atoms with Crippen LogP contribution in [0.25, 0.3) is 0 Å². The lowest BCUT2D eigenvalue weighted by molar-refractivity contribution is 0.572. The monoisotopic (exact) mass is 136 g/mol. The van der Waals surface area contributed by atoms with E-state index in [1.165, 1.54) is 0 Å². The van der Waals surface area contributed by atoms with Gasteiger partial charge in [-0.1, -0.05) is 13.8 Å². The molecule has 0 saturated carbocycles. The highest BCUT2D eigenvalue weighted by Gasteiger charge is 1.87. The molecule has 0 saturated heterocycles. The van der Waals surface area contributed by atoms with Gasteiger partial charge in [-0.15, -0.1) is 0 Å². The highest BCUT2D eigenvalue weighted by atomic mass is 31.1. The van der Waals surface area contributed by atoms with Crippen LogP contribution in [0.15, 0.2) is 0 Å². The van der Waals surface area contributed by atoms with Crippen LogP contribution in [0.1, 0.15) is 13.8 Å². The van der Waals surface area contributed by atoms with Crippen molar-refractivity contribution in [3.8, 4) is 0 Å². The third-order valence-electron chi connectivity index (χ3n) is 0.675. The minimum Gasteiger partial charge on any atom is -0.293 e. The summed E-state index contributed by atoms with van der Waals surface area (Å²) in [7, 11) is -1.64. The number of hydrogen-bond donors (Lipinski definition) is 2. The van der Waals surface area contributed by atoms with Crippen molar-refractivity contribution in [2.45, 2.75) is 13.8 Å². The first-order valence-corrected chi connectivity index (χ1v) is 4.23. The summed E-state index contributed by atoms with van der Waals surface area (Å²) < 4.78 is 10.6. The molecule has 2 N–H and O–H groups in total. The van der Waals surface area contributed by atoms with Crippen LogP contribution in [0, 0.1) is 0 Å². The van der Waals surface area contributed by atoms with Gasteiger partial charge in [-0.3, -0.25) is 14.7 Å². The van der Waals surface area contributed by atoms with Gasteiger partial charge in [-0.25, -0.2) is 0 Å². The standard InChI is InChI=1S/C4H13N2OP/c1-3-5-8(7)6-4-2/h8H,3-4H2,1-2H3,(H2,5,6,7). The second kappa shape index (κ2) is 5.29. The van der Waals surface area contributed by atoms with Crippen molar-refractivity contribution in [3.05, 3.63) is 0 Å². The average Bonchev–Trinajstić information content (AvgIpc) is 1.68. The zero-order valence-electron chi connectivity index (χ0n) is 5.32. The van der Waals surface area contributed by atoms with Gasteiger partial charge in [0, 0.05) is 0 Å². The van der Waals surface area contributed by atoms with Crippen molar-refractivity contribution in [1.29, 1.82) is 0 Å². The van der Waals surface area contributed by atoms with Crippen LogP contribution in [0.3, 0.4) is 0 Å². The SMILES string of the molecule is CCN[PH](=O)NCC. The van der Waals surface area contributed by atoms with E-state index in [-0.39, 0.29) is 0 Å². The molecule has 0 bridgehead atoms. The summed E-state index contributed by atoms with van der Waals surface area (Å²) in [6, 6.07) is 0. The summed E-state index contributed by atoms with van der Waals surface area (Å²) in [5, 5.41) is 5.56. The van der Waals surface area contributed by atoms with E-state index in [0.717, 1.165) is 13.1 Å². The van der Waals surface area contributed by atoms with Crippen molar-refractivity contribution < 1.29 is 4.57 Å². The van der Waals surface area contributed by atoms with Crippen molar-refractivity contribution >= 4 is 8.10 Å². The van der Waals surface area contributed by atoms with Crippen LogP contribution in [0.4, 0.5) is 0 Å². The normalized spacial score (nSPS) is 10.4. The molecular weight excluding hydrogens is 123 g/mol. The van der Waals surface area contributed by atoms with Crippen molar-refractivity contribution in [2.24, 2.45) is 0 Å². The van der Waals surface area contributed by atoms with E-state index in [4.69, 9.17) is 0 Å². The Hall–Kier alpha value is 0.150. The van der Waals surface area contributed by atoms with Gasteiger partial charge in [-0.2, -0.15) is 0 Å². The first-order chi connectivity index (χ1) is 3.81. The molecule has 0 rings (SSSR count). The number of hydrogen-bond acceptors (Lipinski definition) is 1. The topological polar surface area (TPSA) is 41.1 Å². The van der Waals surface area contributed by atoms with Crippen LogP contribution < -0.4 is 10.2 Å². The largest absolute Gasteiger partial charge is 0.293 e. The Balaban J connectivity index is 3.06. The predicted molar refractivity (Wildman–Crippen MR) is 36.4 cm³/mol. The molecule has 0 spiro atoms. The van der Waals surface area contributed by atoms with E-state index in [0.29, 0.717) is 0 Å². The fraction of sp³-hybridized carbons (Fsp3) is 1.00. The second-order valence-electron chi connectivity index (χ2n) is 1.39. The van der Waals surface area contributed by atoms with Gasteiger partial charge in [0.05, 0.1) is 0 Å². The molecule has 4 heteroatoms. The van der Waals surface area contributed by atoms with Gasteiger partial charge in [-0.05, 0) is 13.1 Å². The predicted octanol–water partition coefficient (Wildman–Crippen LogP) is 0.595. The van der Waals surface area contributed by atoms with Crippen LogP contribution in [0.2, 0.25) is 0 Å². The molecule has 0 amide bonds. The third-order valence-corrected chi connectivity index (χ3v) is 2.02. The Morgan fingerprint density at radius 1 is 1.25 bits per heavy atom. The minimum atomic E-state index is -1.64. The van der Waals surface area contributed by atoms with Gasteiger partial charge in [0.25, 0.3) is 0 Å². The zero-order chi connectivity index (χ0) is 6.41. The summed E-state index contributed by atoms with van der Waals surface area (Å²) in [4.78, 5) is 0. The fourth-order valence-corrected chi connectivity index (χ4v) is 1.15. The zero-order valence-corrected chi connectivity index (χ0v) is 6.32. The maximum absolute atomic E-state index is 10.6. The van der Waals surface area contributed by atoms with Gasteiger partial charge in [0.2, 0.25) is 0 Å². The van der Waals surface area contributed by atoms with E-state index in [2.05, 4.69) is 10.2 Å². The smallest absolute Gasteiger partial charge is 0.199 e. The van der Waals surface area contributed by atoms with Crippen molar-refractivity contribution in [1.82, 2.24) is 10.2 Å². The first-order valence-electron chi connectivity index (χ1n) is 2.83. The Morgan fingerprint density at radius 2 is 1.62 bits per heavy atom. The molecule has 0 aliphatic rings. The molecule has 0 aliphatic heterocycles. The van der Waals surface area contributed by atoms with Crippen molar-refractivity contribution in [2.75, 3.05) is 13.1 Å². The van der Waals surface area contributed by atoms with Crippen LogP contribution in [-0.2, 0) is 4.57 Å². The summed E-state index contributed by atoms with van der Waals surface area (Å²) >= 11 is 0. The van der Waals surface area contributed by atoms with Gasteiger partial charge >= 0.3 is 0 Å². The van der Waals surface area contributed by atoms with Gasteiger partial charge in [0.15, 0.2) is 8.10 Å². The van der Waals surface area contributed by atoms with Crippen LogP contribution in [-0.4, -0.2) is 13.1 Å². The fourth-order valence-electron chi connectivity index (χ4n) is 0.384. The quantitative estimate of drug-likeness (QED) is 0.556. The highest BCUT2D eigenvalue weighted by Crippen LogP contribution is 2.03. The average molecular weight is 136 g/mol. The van der Waals surface area contributed by atoms with Gasteiger partial charge in [0.1, 0.15) is 0 Å². The lowest BCUT2D eigenvalue weighted by atomic mass is 10.8. The molecule has 0 aromatic carbocycles. The molecule has 0 atom stereocenters. The molecule has 0 radical (unpaired) electrons.